The van der Waals surface area contributed by atoms with E-state index in [2.05, 4.69) is 4.40 Å². The lowest BCUT2D eigenvalue weighted by Gasteiger charge is -2.22. The van der Waals surface area contributed by atoms with E-state index < -0.39 is 16.2 Å². The van der Waals surface area contributed by atoms with Crippen LogP contribution in [-0.4, -0.2) is 29.5 Å². The number of carbonyl (C=O) groups is 1. The van der Waals surface area contributed by atoms with Gasteiger partial charge in [-0.25, -0.2) is 4.79 Å². The second-order valence-electron chi connectivity index (χ2n) is 4.53. The number of carboxylic acid groups (broad SMARTS) is 1. The van der Waals surface area contributed by atoms with Crippen LogP contribution in [0.1, 0.15) is 18.1 Å². The van der Waals surface area contributed by atoms with E-state index in [-0.39, 0.29) is 17.8 Å². The zero-order chi connectivity index (χ0) is 14.9. The van der Waals surface area contributed by atoms with Crippen LogP contribution in [-0.2, 0) is 21.5 Å². The number of benzene rings is 1. The summed E-state index contributed by atoms with van der Waals surface area (Å²) >= 11 is 0. The Labute approximate surface area is 117 Å². The maximum atomic E-state index is 11.9. The lowest BCUT2D eigenvalue weighted by Crippen LogP contribution is -2.31. The zero-order valence-corrected chi connectivity index (χ0v) is 11.9. The van der Waals surface area contributed by atoms with Gasteiger partial charge in [0.25, 0.3) is 0 Å². The van der Waals surface area contributed by atoms with Gasteiger partial charge in [-0.15, -0.1) is 4.40 Å². The fourth-order valence-electron chi connectivity index (χ4n) is 1.79. The van der Waals surface area contributed by atoms with Crippen LogP contribution in [0.3, 0.4) is 0 Å². The topological polar surface area (TPSA) is 87.0 Å². The van der Waals surface area contributed by atoms with Gasteiger partial charge in [0.2, 0.25) is 0 Å². The molecule has 6 nitrogen and oxygen atoms in total. The molecule has 0 atom stereocenters. The predicted octanol–water partition coefficient (Wildman–Crippen LogP) is 1.48. The molecule has 7 heteroatoms. The molecule has 0 bridgehead atoms. The van der Waals surface area contributed by atoms with Gasteiger partial charge in [0.05, 0.1) is 17.8 Å². The Kier molecular flexibility index (Phi) is 3.63. The summed E-state index contributed by atoms with van der Waals surface area (Å²) in [5, 5.41) is 9.03. The van der Waals surface area contributed by atoms with Gasteiger partial charge >= 0.3 is 16.2 Å². The summed E-state index contributed by atoms with van der Waals surface area (Å²) in [6, 6.07) is 7.32. The summed E-state index contributed by atoms with van der Waals surface area (Å²) in [4.78, 5) is 11.0. The molecule has 0 aromatic heterocycles. The quantitative estimate of drug-likeness (QED) is 0.914. The Morgan fingerprint density at radius 2 is 1.85 bits per heavy atom. The minimum Gasteiger partial charge on any atom is -0.478 e. The maximum absolute atomic E-state index is 11.9. The summed E-state index contributed by atoms with van der Waals surface area (Å²) in [5.41, 5.74) is 1.69. The van der Waals surface area contributed by atoms with Crippen LogP contribution >= 0.6 is 0 Å². The molecule has 0 unspecified atom stereocenters. The molecule has 0 radical (unpaired) electrons. The van der Waals surface area contributed by atoms with Crippen molar-refractivity contribution in [3.05, 3.63) is 47.2 Å². The highest BCUT2D eigenvalue weighted by molar-refractivity contribution is 7.88. The minimum absolute atomic E-state index is 0.0161. The molecule has 1 aliphatic heterocycles. The molecular formula is C13H14N2O4S. The molecule has 0 spiro atoms. The highest BCUT2D eigenvalue weighted by Gasteiger charge is 2.27. The van der Waals surface area contributed by atoms with Crippen molar-refractivity contribution in [2.45, 2.75) is 20.4 Å². The molecule has 0 aliphatic carbocycles. The van der Waals surface area contributed by atoms with Gasteiger partial charge in [-0.1, -0.05) is 29.8 Å². The van der Waals surface area contributed by atoms with E-state index in [1.54, 1.807) is 12.1 Å². The van der Waals surface area contributed by atoms with Crippen molar-refractivity contribution in [1.29, 1.82) is 0 Å². The Balaban J connectivity index is 2.35. The number of carboxylic acids is 1. The van der Waals surface area contributed by atoms with Crippen molar-refractivity contribution < 1.29 is 18.3 Å². The SMILES string of the molecule is CC1=NS(=O)(=O)N(Cc2ccc(C)cc2)C=C1C(=O)O. The van der Waals surface area contributed by atoms with Gasteiger partial charge in [0, 0.05) is 6.20 Å². The fraction of sp³-hybridized carbons (Fsp3) is 0.231. The lowest BCUT2D eigenvalue weighted by atomic mass is 10.1. The second kappa shape index (κ2) is 5.09. The van der Waals surface area contributed by atoms with Gasteiger partial charge in [0.15, 0.2) is 0 Å². The third-order valence-electron chi connectivity index (χ3n) is 2.90. The number of hydrogen-bond acceptors (Lipinski definition) is 3. The van der Waals surface area contributed by atoms with Crippen molar-refractivity contribution >= 4 is 21.9 Å². The van der Waals surface area contributed by atoms with E-state index in [0.29, 0.717) is 0 Å². The summed E-state index contributed by atoms with van der Waals surface area (Å²) in [6.45, 7) is 3.34. The highest BCUT2D eigenvalue weighted by atomic mass is 32.2. The Morgan fingerprint density at radius 1 is 1.25 bits per heavy atom. The molecule has 1 aliphatic rings. The van der Waals surface area contributed by atoms with E-state index in [1.165, 1.54) is 6.92 Å². The van der Waals surface area contributed by atoms with Crippen LogP contribution in [0, 0.1) is 6.92 Å². The standard InChI is InChI=1S/C13H14N2O4S/c1-9-3-5-11(6-4-9)7-15-8-12(13(16)17)10(2)14-20(15,18)19/h3-6,8H,7H2,1-2H3,(H,16,17). The molecule has 1 aromatic carbocycles. The largest absolute Gasteiger partial charge is 0.478 e. The van der Waals surface area contributed by atoms with Crippen molar-refractivity contribution in [3.8, 4) is 0 Å². The van der Waals surface area contributed by atoms with Crippen LogP contribution < -0.4 is 0 Å². The number of rotatable bonds is 3. The van der Waals surface area contributed by atoms with Crippen LogP contribution in [0.5, 0.6) is 0 Å². The van der Waals surface area contributed by atoms with Gasteiger partial charge in [-0.3, -0.25) is 4.31 Å². The average Bonchev–Trinajstić information content (AvgIpc) is 2.34. The van der Waals surface area contributed by atoms with E-state index >= 15 is 0 Å². The maximum Gasteiger partial charge on any atom is 0.344 e. The summed E-state index contributed by atoms with van der Waals surface area (Å²) < 4.78 is 28.3. The van der Waals surface area contributed by atoms with E-state index in [4.69, 9.17) is 5.11 Å². The number of aryl methyl sites for hydroxylation is 1. The van der Waals surface area contributed by atoms with E-state index in [1.807, 2.05) is 19.1 Å². The molecule has 0 saturated heterocycles. The predicted molar refractivity (Wildman–Crippen MR) is 74.5 cm³/mol. The lowest BCUT2D eigenvalue weighted by molar-refractivity contribution is -0.132. The molecule has 0 amide bonds. The first kappa shape index (κ1) is 14.3. The Bertz CT molecular complexity index is 702. The van der Waals surface area contributed by atoms with Gasteiger partial charge < -0.3 is 5.11 Å². The Morgan fingerprint density at radius 3 is 2.40 bits per heavy atom. The molecule has 1 aromatic rings. The van der Waals surface area contributed by atoms with Crippen LogP contribution in [0.2, 0.25) is 0 Å². The smallest absolute Gasteiger partial charge is 0.344 e. The molecule has 20 heavy (non-hydrogen) atoms. The third-order valence-corrected chi connectivity index (χ3v) is 4.23. The van der Waals surface area contributed by atoms with Crippen molar-refractivity contribution in [1.82, 2.24) is 4.31 Å². The second-order valence-corrected chi connectivity index (χ2v) is 6.08. The molecule has 0 fully saturated rings. The monoisotopic (exact) mass is 294 g/mol. The van der Waals surface area contributed by atoms with Gasteiger partial charge in [0.1, 0.15) is 0 Å². The first-order valence-electron chi connectivity index (χ1n) is 5.89. The van der Waals surface area contributed by atoms with Crippen molar-refractivity contribution in [3.63, 3.8) is 0 Å². The first-order chi connectivity index (χ1) is 9.29. The van der Waals surface area contributed by atoms with Crippen LogP contribution in [0.25, 0.3) is 0 Å². The number of nitrogens with zero attached hydrogens (tertiary/aromatic N) is 2. The van der Waals surface area contributed by atoms with E-state index in [0.717, 1.165) is 21.6 Å². The van der Waals surface area contributed by atoms with Crippen molar-refractivity contribution in [2.75, 3.05) is 0 Å². The number of aliphatic carboxylic acids is 1. The van der Waals surface area contributed by atoms with Crippen LogP contribution in [0.4, 0.5) is 0 Å². The first-order valence-corrected chi connectivity index (χ1v) is 7.28. The zero-order valence-electron chi connectivity index (χ0n) is 11.1. The van der Waals surface area contributed by atoms with Gasteiger partial charge in [-0.05, 0) is 19.4 Å². The summed E-state index contributed by atoms with van der Waals surface area (Å²) in [6.07, 6.45) is 1.11. The Hall–Kier alpha value is -2.15. The minimum atomic E-state index is -3.87. The molecule has 2 rings (SSSR count). The highest BCUT2D eigenvalue weighted by Crippen LogP contribution is 2.19. The fourth-order valence-corrected chi connectivity index (χ4v) is 2.89. The molecule has 1 N–H and O–H groups in total. The molecule has 1 heterocycles. The average molecular weight is 294 g/mol. The molecule has 106 valence electrons. The van der Waals surface area contributed by atoms with E-state index in [9.17, 15) is 13.2 Å². The van der Waals surface area contributed by atoms with Gasteiger partial charge in [-0.2, -0.15) is 8.42 Å². The normalized spacial score (nSPS) is 17.4. The number of hydrogen-bond donors (Lipinski definition) is 1. The summed E-state index contributed by atoms with van der Waals surface area (Å²) in [7, 11) is -3.87. The third kappa shape index (κ3) is 2.88. The van der Waals surface area contributed by atoms with Crippen LogP contribution in [0.15, 0.2) is 40.4 Å². The van der Waals surface area contributed by atoms with Crippen molar-refractivity contribution in [2.24, 2.45) is 4.40 Å². The summed E-state index contributed by atoms with van der Waals surface area (Å²) in [5.74, 6) is -1.20. The molecular weight excluding hydrogens is 280 g/mol. The molecule has 0 saturated carbocycles.